The van der Waals surface area contributed by atoms with Gasteiger partial charge in [-0.2, -0.15) is 5.10 Å². The van der Waals surface area contributed by atoms with Gasteiger partial charge in [-0.1, -0.05) is 29.8 Å². The van der Waals surface area contributed by atoms with E-state index in [4.69, 9.17) is 0 Å². The first kappa shape index (κ1) is 17.8. The Morgan fingerprint density at radius 2 is 1.80 bits per heavy atom. The van der Waals surface area contributed by atoms with Crippen LogP contribution < -0.4 is 4.72 Å². The van der Waals surface area contributed by atoms with E-state index in [0.29, 0.717) is 4.90 Å². The molecule has 0 spiro atoms. The number of rotatable bonds is 5. The minimum atomic E-state index is -3.57. The lowest BCUT2D eigenvalue weighted by molar-refractivity contribution is 0.581. The zero-order chi connectivity index (χ0) is 18.2. The molecule has 0 aliphatic carbocycles. The van der Waals surface area contributed by atoms with E-state index in [1.165, 1.54) is 11.3 Å². The average molecular weight is 376 g/mol. The Bertz CT molecular complexity index is 1000. The molecule has 0 fully saturated rings. The van der Waals surface area contributed by atoms with Crippen LogP contribution in [0.3, 0.4) is 0 Å². The highest BCUT2D eigenvalue weighted by molar-refractivity contribution is 7.89. The molecule has 0 radical (unpaired) electrons. The molecule has 5 nitrogen and oxygen atoms in total. The molecule has 0 amide bonds. The summed E-state index contributed by atoms with van der Waals surface area (Å²) in [6.07, 6.45) is 0. The first-order valence-corrected chi connectivity index (χ1v) is 10.3. The molecule has 7 heteroatoms. The van der Waals surface area contributed by atoms with Crippen molar-refractivity contribution in [3.63, 3.8) is 0 Å². The second kappa shape index (κ2) is 6.74. The molecule has 1 aromatic carbocycles. The molecule has 3 aromatic rings. The minimum absolute atomic E-state index is 0.272. The number of thiophene rings is 1. The number of nitrogens with one attached hydrogen (secondary N) is 2. The van der Waals surface area contributed by atoms with Gasteiger partial charge in [-0.15, -0.1) is 11.3 Å². The van der Waals surface area contributed by atoms with Crippen LogP contribution in [0.5, 0.6) is 0 Å². The molecule has 0 unspecified atom stereocenters. The topological polar surface area (TPSA) is 74.8 Å². The Kier molecular flexibility index (Phi) is 4.81. The lowest BCUT2D eigenvalue weighted by Crippen LogP contribution is -2.23. The predicted molar refractivity (Wildman–Crippen MR) is 101 cm³/mol. The average Bonchev–Trinajstić information content (AvgIpc) is 3.11. The summed E-state index contributed by atoms with van der Waals surface area (Å²) >= 11 is 1.44. The predicted octanol–water partition coefficient (Wildman–Crippen LogP) is 3.85. The van der Waals surface area contributed by atoms with Gasteiger partial charge in [0.05, 0.1) is 9.77 Å². The van der Waals surface area contributed by atoms with E-state index in [2.05, 4.69) is 14.9 Å². The number of hydrogen-bond donors (Lipinski definition) is 2. The third-order valence-corrected chi connectivity index (χ3v) is 6.95. The first-order chi connectivity index (χ1) is 11.8. The van der Waals surface area contributed by atoms with Crippen molar-refractivity contribution in [2.24, 2.45) is 0 Å². The van der Waals surface area contributed by atoms with Gasteiger partial charge in [-0.25, -0.2) is 13.1 Å². The van der Waals surface area contributed by atoms with Crippen molar-refractivity contribution in [2.45, 2.75) is 39.1 Å². The number of sulfonamides is 1. The van der Waals surface area contributed by atoms with Gasteiger partial charge in [-0.3, -0.25) is 5.10 Å². The van der Waals surface area contributed by atoms with Gasteiger partial charge in [0.25, 0.3) is 0 Å². The van der Waals surface area contributed by atoms with Crippen molar-refractivity contribution in [3.8, 4) is 10.6 Å². The number of benzene rings is 1. The maximum Gasteiger partial charge on any atom is 0.241 e. The van der Waals surface area contributed by atoms with E-state index >= 15 is 0 Å². The van der Waals surface area contributed by atoms with Crippen LogP contribution in [-0.4, -0.2) is 18.6 Å². The fraction of sp³-hybridized carbons (Fsp3) is 0.278. The molecular formula is C18H21N3O2S2. The largest absolute Gasteiger partial charge is 0.282 e. The van der Waals surface area contributed by atoms with Crippen molar-refractivity contribution in [3.05, 3.63) is 57.6 Å². The van der Waals surface area contributed by atoms with E-state index in [1.54, 1.807) is 6.07 Å². The van der Waals surface area contributed by atoms with Crippen LogP contribution in [0.15, 0.2) is 35.2 Å². The molecule has 2 aromatic heterocycles. The monoisotopic (exact) mass is 375 g/mol. The molecule has 0 atom stereocenters. The van der Waals surface area contributed by atoms with Crippen molar-refractivity contribution < 1.29 is 8.42 Å². The number of aromatic amines is 1. The summed E-state index contributed by atoms with van der Waals surface area (Å²) in [7, 11) is -3.57. The summed E-state index contributed by atoms with van der Waals surface area (Å²) in [5.41, 5.74) is 4.92. The summed E-state index contributed by atoms with van der Waals surface area (Å²) < 4.78 is 28.1. The van der Waals surface area contributed by atoms with E-state index in [0.717, 1.165) is 37.8 Å². The van der Waals surface area contributed by atoms with Gasteiger partial charge in [0.2, 0.25) is 10.0 Å². The van der Waals surface area contributed by atoms with Gasteiger partial charge >= 0.3 is 0 Å². The van der Waals surface area contributed by atoms with E-state index in [9.17, 15) is 8.42 Å². The number of H-pyrrole nitrogens is 1. The van der Waals surface area contributed by atoms with Gasteiger partial charge in [-0.05, 0) is 44.9 Å². The smallest absolute Gasteiger partial charge is 0.241 e. The fourth-order valence-electron chi connectivity index (χ4n) is 2.54. The lowest BCUT2D eigenvalue weighted by Gasteiger charge is -2.06. The Morgan fingerprint density at radius 3 is 2.40 bits per heavy atom. The normalized spacial score (nSPS) is 11.8. The van der Waals surface area contributed by atoms with Crippen LogP contribution in [0.2, 0.25) is 0 Å². The van der Waals surface area contributed by atoms with E-state index in [1.807, 2.05) is 52.0 Å². The van der Waals surface area contributed by atoms with Gasteiger partial charge in [0, 0.05) is 17.1 Å². The molecule has 25 heavy (non-hydrogen) atoms. The second-order valence-electron chi connectivity index (χ2n) is 6.16. The second-order valence-corrected chi connectivity index (χ2v) is 9.16. The van der Waals surface area contributed by atoms with Gasteiger partial charge in [0.1, 0.15) is 5.69 Å². The third kappa shape index (κ3) is 3.68. The zero-order valence-electron chi connectivity index (χ0n) is 14.7. The highest BCUT2D eigenvalue weighted by Crippen LogP contribution is 2.34. The minimum Gasteiger partial charge on any atom is -0.282 e. The molecule has 2 heterocycles. The maximum atomic E-state index is 12.7. The van der Waals surface area contributed by atoms with Crippen LogP contribution in [0.4, 0.5) is 0 Å². The van der Waals surface area contributed by atoms with Crippen LogP contribution in [-0.2, 0) is 16.6 Å². The third-order valence-electron chi connectivity index (χ3n) is 4.24. The van der Waals surface area contributed by atoms with Crippen LogP contribution in [0.25, 0.3) is 10.6 Å². The molecule has 0 aliphatic heterocycles. The highest BCUT2D eigenvalue weighted by Gasteiger charge is 2.22. The van der Waals surface area contributed by atoms with Gasteiger partial charge in [0.15, 0.2) is 0 Å². The van der Waals surface area contributed by atoms with E-state index < -0.39 is 10.0 Å². The summed E-state index contributed by atoms with van der Waals surface area (Å²) in [4.78, 5) is 1.93. The highest BCUT2D eigenvalue weighted by atomic mass is 32.2. The zero-order valence-corrected chi connectivity index (χ0v) is 16.3. The van der Waals surface area contributed by atoms with Crippen molar-refractivity contribution in [1.29, 1.82) is 0 Å². The van der Waals surface area contributed by atoms with Crippen molar-refractivity contribution >= 4 is 21.4 Å². The molecule has 0 bridgehead atoms. The Balaban J connectivity index is 1.85. The number of aryl methyl sites for hydroxylation is 3. The summed E-state index contributed by atoms with van der Waals surface area (Å²) in [6, 6.07) is 9.51. The summed E-state index contributed by atoms with van der Waals surface area (Å²) in [5, 5.41) is 7.24. The standard InChI is InChI=1S/C18H21N3O2S2/c1-11-5-7-15(8-6-11)10-19-25(22,23)17-9-16(24-14(17)4)18-12(2)13(3)20-21-18/h5-9,19H,10H2,1-4H3,(H,20,21). The fourth-order valence-corrected chi connectivity index (χ4v) is 5.19. The number of hydrogen-bond acceptors (Lipinski definition) is 4. The van der Waals surface area contributed by atoms with Crippen LogP contribution in [0.1, 0.15) is 27.3 Å². The summed E-state index contributed by atoms with van der Waals surface area (Å²) in [6.45, 7) is 8.03. The summed E-state index contributed by atoms with van der Waals surface area (Å²) in [5.74, 6) is 0. The van der Waals surface area contributed by atoms with Gasteiger partial charge < -0.3 is 0 Å². The number of aromatic nitrogens is 2. The Hall–Kier alpha value is -1.96. The van der Waals surface area contributed by atoms with E-state index in [-0.39, 0.29) is 6.54 Å². The first-order valence-electron chi connectivity index (χ1n) is 7.95. The molecule has 2 N–H and O–H groups in total. The lowest BCUT2D eigenvalue weighted by atomic mass is 10.2. The molecule has 0 saturated heterocycles. The molecule has 0 aliphatic rings. The Morgan fingerprint density at radius 1 is 1.12 bits per heavy atom. The maximum absolute atomic E-state index is 12.7. The van der Waals surface area contributed by atoms with Crippen LogP contribution >= 0.6 is 11.3 Å². The van der Waals surface area contributed by atoms with Crippen LogP contribution in [0, 0.1) is 27.7 Å². The quantitative estimate of drug-likeness (QED) is 0.711. The SMILES string of the molecule is Cc1ccc(CNS(=O)(=O)c2cc(-c3n[nH]c(C)c3C)sc2C)cc1. The molecule has 132 valence electrons. The molecule has 0 saturated carbocycles. The van der Waals surface area contributed by atoms with Crippen molar-refractivity contribution in [2.75, 3.05) is 0 Å². The molecular weight excluding hydrogens is 354 g/mol. The van der Waals surface area contributed by atoms with Crippen molar-refractivity contribution in [1.82, 2.24) is 14.9 Å². The Labute approximate surface area is 152 Å². The number of nitrogens with zero attached hydrogens (tertiary/aromatic N) is 1. The molecule has 3 rings (SSSR count).